The van der Waals surface area contributed by atoms with Crippen LogP contribution in [0.2, 0.25) is 0 Å². The van der Waals surface area contributed by atoms with Crippen LogP contribution < -0.4 is 11.3 Å². The van der Waals surface area contributed by atoms with E-state index in [-0.39, 0.29) is 24.0 Å². The fourth-order valence-electron chi connectivity index (χ4n) is 3.70. The molecular weight excluding hydrogens is 371 g/mol. The maximum atomic E-state index is 14.1. The van der Waals surface area contributed by atoms with Crippen LogP contribution in [0, 0.1) is 17.6 Å². The minimum Gasteiger partial charge on any atom is -0.361 e. The molecule has 3 heterocycles. The molecule has 0 bridgehead atoms. The lowest BCUT2D eigenvalue weighted by Gasteiger charge is -2.40. The minimum absolute atomic E-state index is 0.157. The molecule has 0 radical (unpaired) electrons. The molecule has 1 amide bonds. The molecule has 1 atom stereocenters. The standard InChI is InChI=1S/C19H18F3N5O/c20-11-1-2-12-13(6-24-16(12)5-11)10-7-27(8-10)9-14(19(28)26-23)18-15(21)3-4-17(22)25-18/h1-6,10,14,24H,7-9,23H2,(H,26,28). The lowest BCUT2D eigenvalue weighted by atomic mass is 9.89. The van der Waals surface area contributed by atoms with Gasteiger partial charge in [-0.15, -0.1) is 0 Å². The van der Waals surface area contributed by atoms with Gasteiger partial charge in [0.1, 0.15) is 11.6 Å². The first-order valence-electron chi connectivity index (χ1n) is 8.77. The van der Waals surface area contributed by atoms with Crippen LogP contribution in [-0.2, 0) is 4.79 Å². The Hall–Kier alpha value is -2.91. The molecule has 2 aromatic heterocycles. The quantitative estimate of drug-likeness (QED) is 0.270. The van der Waals surface area contributed by atoms with Gasteiger partial charge in [0.25, 0.3) is 0 Å². The molecule has 28 heavy (non-hydrogen) atoms. The molecule has 4 rings (SSSR count). The summed E-state index contributed by atoms with van der Waals surface area (Å²) < 4.78 is 40.9. The van der Waals surface area contributed by atoms with Crippen molar-refractivity contribution in [3.05, 3.63) is 65.4 Å². The Morgan fingerprint density at radius 3 is 2.82 bits per heavy atom. The predicted octanol–water partition coefficient (Wildman–Crippen LogP) is 2.15. The molecule has 1 saturated heterocycles. The van der Waals surface area contributed by atoms with E-state index in [2.05, 4.69) is 9.97 Å². The van der Waals surface area contributed by atoms with Crippen LogP contribution >= 0.6 is 0 Å². The number of likely N-dealkylation sites (tertiary alicyclic amines) is 1. The summed E-state index contributed by atoms with van der Waals surface area (Å²) in [5.41, 5.74) is 3.51. The van der Waals surface area contributed by atoms with E-state index in [1.54, 1.807) is 6.07 Å². The van der Waals surface area contributed by atoms with Gasteiger partial charge in [-0.2, -0.15) is 4.39 Å². The number of H-pyrrole nitrogens is 1. The smallest absolute Gasteiger partial charge is 0.244 e. The Balaban J connectivity index is 1.49. The van der Waals surface area contributed by atoms with Crippen LogP contribution in [0.25, 0.3) is 10.9 Å². The number of aromatic amines is 1. The van der Waals surface area contributed by atoms with Crippen molar-refractivity contribution in [3.63, 3.8) is 0 Å². The summed E-state index contributed by atoms with van der Waals surface area (Å²) in [6.45, 7) is 1.40. The Morgan fingerprint density at radius 1 is 1.29 bits per heavy atom. The lowest BCUT2D eigenvalue weighted by molar-refractivity contribution is -0.123. The van der Waals surface area contributed by atoms with E-state index in [0.29, 0.717) is 13.1 Å². The summed E-state index contributed by atoms with van der Waals surface area (Å²) in [5.74, 6) is 1.81. The van der Waals surface area contributed by atoms with E-state index < -0.39 is 23.6 Å². The van der Waals surface area contributed by atoms with Gasteiger partial charge >= 0.3 is 0 Å². The van der Waals surface area contributed by atoms with Crippen molar-refractivity contribution in [2.24, 2.45) is 5.84 Å². The maximum Gasteiger partial charge on any atom is 0.244 e. The molecule has 1 aliphatic heterocycles. The zero-order valence-electron chi connectivity index (χ0n) is 14.8. The second-order valence-electron chi connectivity index (χ2n) is 6.91. The first-order valence-corrected chi connectivity index (χ1v) is 8.77. The topological polar surface area (TPSA) is 87.0 Å². The van der Waals surface area contributed by atoms with E-state index >= 15 is 0 Å². The molecule has 0 saturated carbocycles. The number of carbonyl (C=O) groups excluding carboxylic acids is 1. The number of rotatable bonds is 5. The number of halogens is 3. The van der Waals surface area contributed by atoms with Crippen LogP contribution in [0.1, 0.15) is 23.1 Å². The van der Waals surface area contributed by atoms with Gasteiger partial charge in [0, 0.05) is 42.7 Å². The lowest BCUT2D eigenvalue weighted by Crippen LogP contribution is -2.49. The highest BCUT2D eigenvalue weighted by atomic mass is 19.1. The SMILES string of the molecule is NNC(=O)C(CN1CC(c2c[nH]c3cc(F)ccc23)C1)c1nc(F)ccc1F. The van der Waals surface area contributed by atoms with Gasteiger partial charge in [0.05, 0.1) is 11.6 Å². The Kier molecular flexibility index (Phi) is 4.78. The normalized spacial score (nSPS) is 16.1. The summed E-state index contributed by atoms with van der Waals surface area (Å²) in [5, 5.41) is 0.945. The molecule has 1 aliphatic rings. The van der Waals surface area contributed by atoms with Crippen LogP contribution in [0.3, 0.4) is 0 Å². The van der Waals surface area contributed by atoms with Crippen molar-refractivity contribution in [1.82, 2.24) is 20.3 Å². The van der Waals surface area contributed by atoms with E-state index in [4.69, 9.17) is 5.84 Å². The third-order valence-electron chi connectivity index (χ3n) is 5.14. The highest BCUT2D eigenvalue weighted by molar-refractivity contribution is 5.84. The predicted molar refractivity (Wildman–Crippen MR) is 96.7 cm³/mol. The molecule has 0 aliphatic carbocycles. The first-order chi connectivity index (χ1) is 13.5. The van der Waals surface area contributed by atoms with Crippen molar-refractivity contribution < 1.29 is 18.0 Å². The van der Waals surface area contributed by atoms with Crippen molar-refractivity contribution >= 4 is 16.8 Å². The first kappa shape index (κ1) is 18.5. The summed E-state index contributed by atoms with van der Waals surface area (Å²) in [6, 6.07) is 6.43. The van der Waals surface area contributed by atoms with Crippen molar-refractivity contribution in [2.45, 2.75) is 11.8 Å². The zero-order chi connectivity index (χ0) is 19.8. The number of pyridine rings is 1. The second kappa shape index (κ2) is 7.25. The van der Waals surface area contributed by atoms with Gasteiger partial charge in [-0.25, -0.2) is 19.6 Å². The molecule has 0 spiro atoms. The van der Waals surface area contributed by atoms with Gasteiger partial charge in [-0.1, -0.05) is 0 Å². The average Bonchev–Trinajstić information content (AvgIpc) is 3.05. The molecule has 146 valence electrons. The molecule has 9 heteroatoms. The monoisotopic (exact) mass is 389 g/mol. The summed E-state index contributed by atoms with van der Waals surface area (Å²) in [4.78, 5) is 20.7. The van der Waals surface area contributed by atoms with E-state index in [1.807, 2.05) is 16.5 Å². The van der Waals surface area contributed by atoms with Gasteiger partial charge in [-0.3, -0.25) is 10.2 Å². The molecule has 1 aromatic carbocycles. The number of benzene rings is 1. The molecule has 1 unspecified atom stereocenters. The molecule has 3 aromatic rings. The molecule has 1 fully saturated rings. The van der Waals surface area contributed by atoms with Crippen LogP contribution in [0.15, 0.2) is 36.5 Å². The van der Waals surface area contributed by atoms with Gasteiger partial charge in [0.2, 0.25) is 11.9 Å². The number of fused-ring (bicyclic) bond motifs is 1. The Labute approximate surface area is 158 Å². The van der Waals surface area contributed by atoms with E-state index in [9.17, 15) is 18.0 Å². The highest BCUT2D eigenvalue weighted by Crippen LogP contribution is 2.34. The zero-order valence-corrected chi connectivity index (χ0v) is 14.8. The maximum absolute atomic E-state index is 14.1. The van der Waals surface area contributed by atoms with E-state index in [1.165, 1.54) is 12.1 Å². The number of nitrogens with two attached hydrogens (primary N) is 1. The number of hydrogen-bond acceptors (Lipinski definition) is 4. The summed E-state index contributed by atoms with van der Waals surface area (Å²) in [7, 11) is 0. The van der Waals surface area contributed by atoms with Crippen molar-refractivity contribution in [1.29, 1.82) is 0 Å². The van der Waals surface area contributed by atoms with Gasteiger partial charge < -0.3 is 9.88 Å². The molecule has 4 N–H and O–H groups in total. The number of amides is 1. The fraction of sp³-hybridized carbons (Fsp3) is 0.263. The summed E-state index contributed by atoms with van der Waals surface area (Å²) in [6.07, 6.45) is 1.85. The van der Waals surface area contributed by atoms with Crippen LogP contribution in [0.5, 0.6) is 0 Å². The van der Waals surface area contributed by atoms with E-state index in [0.717, 1.165) is 28.6 Å². The highest BCUT2D eigenvalue weighted by Gasteiger charge is 2.35. The third kappa shape index (κ3) is 3.34. The third-order valence-corrected chi connectivity index (χ3v) is 5.14. The minimum atomic E-state index is -1.03. The molecular formula is C19H18F3N5O. The number of hydrogen-bond donors (Lipinski definition) is 3. The Bertz CT molecular complexity index is 1030. The molecule has 6 nitrogen and oxygen atoms in total. The number of hydrazine groups is 1. The van der Waals surface area contributed by atoms with Crippen LogP contribution in [0.4, 0.5) is 13.2 Å². The number of nitrogens with zero attached hydrogens (tertiary/aromatic N) is 2. The number of nitrogens with one attached hydrogen (secondary N) is 2. The van der Waals surface area contributed by atoms with Crippen molar-refractivity contribution in [2.75, 3.05) is 19.6 Å². The van der Waals surface area contributed by atoms with Gasteiger partial charge in [-0.05, 0) is 35.9 Å². The average molecular weight is 389 g/mol. The Morgan fingerprint density at radius 2 is 2.07 bits per heavy atom. The second-order valence-corrected chi connectivity index (χ2v) is 6.91. The number of carbonyl (C=O) groups is 1. The van der Waals surface area contributed by atoms with Crippen molar-refractivity contribution in [3.8, 4) is 0 Å². The van der Waals surface area contributed by atoms with Gasteiger partial charge in [0.15, 0.2) is 0 Å². The largest absolute Gasteiger partial charge is 0.361 e. The summed E-state index contributed by atoms with van der Waals surface area (Å²) >= 11 is 0. The number of aromatic nitrogens is 2. The fourth-order valence-corrected chi connectivity index (χ4v) is 3.70. The van der Waals surface area contributed by atoms with Crippen LogP contribution in [-0.4, -0.2) is 40.4 Å².